The van der Waals surface area contributed by atoms with Crippen LogP contribution in [-0.4, -0.2) is 25.8 Å². The van der Waals surface area contributed by atoms with Crippen molar-refractivity contribution in [3.05, 3.63) is 96.6 Å². The van der Waals surface area contributed by atoms with E-state index in [0.29, 0.717) is 12.4 Å². The maximum Gasteiger partial charge on any atom is 0.244 e. The summed E-state index contributed by atoms with van der Waals surface area (Å²) in [5, 5.41) is 0. The lowest BCUT2D eigenvalue weighted by Gasteiger charge is -2.23. The fourth-order valence-electron chi connectivity index (χ4n) is 4.07. The van der Waals surface area contributed by atoms with Gasteiger partial charge in [0.2, 0.25) is 11.9 Å². The van der Waals surface area contributed by atoms with Gasteiger partial charge in [0.05, 0.1) is 11.1 Å². The number of hydrogen-bond acceptors (Lipinski definition) is 5. The highest BCUT2D eigenvalue weighted by molar-refractivity contribution is 6.12. The van der Waals surface area contributed by atoms with Crippen molar-refractivity contribution in [2.75, 3.05) is 4.90 Å². The Bertz CT molecular complexity index is 1250. The van der Waals surface area contributed by atoms with Crippen molar-refractivity contribution >= 4 is 17.5 Å². The minimum absolute atomic E-state index is 0.117. The van der Waals surface area contributed by atoms with Crippen molar-refractivity contribution < 1.29 is 9.18 Å². The van der Waals surface area contributed by atoms with Crippen molar-refractivity contribution in [2.45, 2.75) is 18.8 Å². The largest absolute Gasteiger partial charge is 0.273 e. The number of anilines is 2. The topological polar surface area (TPSA) is 71.9 Å². The molecule has 3 heterocycles. The zero-order valence-electron chi connectivity index (χ0n) is 16.7. The van der Waals surface area contributed by atoms with Crippen molar-refractivity contribution in [1.29, 1.82) is 0 Å². The minimum Gasteiger partial charge on any atom is -0.273 e. The van der Waals surface area contributed by atoms with Gasteiger partial charge in [0.15, 0.2) is 0 Å². The second kappa shape index (κ2) is 7.36. The van der Waals surface area contributed by atoms with E-state index in [4.69, 9.17) is 0 Å². The summed E-state index contributed by atoms with van der Waals surface area (Å²) in [7, 11) is 0. The molecule has 0 fully saturated rings. The van der Waals surface area contributed by atoms with Crippen LogP contribution in [0.5, 0.6) is 0 Å². The smallest absolute Gasteiger partial charge is 0.244 e. The van der Waals surface area contributed by atoms with Crippen molar-refractivity contribution in [3.8, 4) is 11.1 Å². The first-order chi connectivity index (χ1) is 15.1. The Kier molecular flexibility index (Phi) is 4.51. The number of fused-ring (bicyclic) bond motifs is 1. The summed E-state index contributed by atoms with van der Waals surface area (Å²) in [6, 6.07) is 13.8. The second-order valence-corrected chi connectivity index (χ2v) is 7.68. The van der Waals surface area contributed by atoms with Crippen LogP contribution in [0.25, 0.3) is 11.1 Å². The number of rotatable bonds is 4. The average Bonchev–Trinajstić information content (AvgIpc) is 3.02. The molecule has 0 N–H and O–H groups in total. The van der Waals surface area contributed by atoms with Gasteiger partial charge in [-0.05, 0) is 65.9 Å². The third-order valence-corrected chi connectivity index (χ3v) is 5.61. The molecule has 0 saturated carbocycles. The lowest BCUT2D eigenvalue weighted by Crippen LogP contribution is -2.38. The predicted molar refractivity (Wildman–Crippen MR) is 114 cm³/mol. The highest BCUT2D eigenvalue weighted by Gasteiger charge is 2.49. The van der Waals surface area contributed by atoms with E-state index in [2.05, 4.69) is 19.9 Å². The van der Waals surface area contributed by atoms with Gasteiger partial charge >= 0.3 is 0 Å². The van der Waals surface area contributed by atoms with Gasteiger partial charge in [-0.1, -0.05) is 18.2 Å². The van der Waals surface area contributed by atoms with Crippen LogP contribution in [0.1, 0.15) is 18.1 Å². The van der Waals surface area contributed by atoms with Crippen molar-refractivity contribution in [3.63, 3.8) is 0 Å². The zero-order chi connectivity index (χ0) is 21.4. The Morgan fingerprint density at radius 2 is 1.65 bits per heavy atom. The van der Waals surface area contributed by atoms with Gasteiger partial charge in [-0.2, -0.15) is 0 Å². The SMILES string of the molecule is CC1(Cc2cncnc2)C(=O)N(c2ncccn2)c2ccc(-c3ccc(F)cc3)cc21. The molecule has 1 atom stereocenters. The molecule has 1 aliphatic heterocycles. The molecule has 0 spiro atoms. The van der Waals surface area contributed by atoms with Crippen LogP contribution in [0, 0.1) is 5.82 Å². The summed E-state index contributed by atoms with van der Waals surface area (Å²) < 4.78 is 13.4. The molecule has 5 rings (SSSR count). The highest BCUT2D eigenvalue weighted by Crippen LogP contribution is 2.47. The number of benzene rings is 2. The summed E-state index contributed by atoms with van der Waals surface area (Å²) >= 11 is 0. The number of carbonyl (C=O) groups is 1. The number of halogens is 1. The molecule has 2 aromatic carbocycles. The summed E-state index contributed by atoms with van der Waals surface area (Å²) in [6.07, 6.45) is 8.56. The van der Waals surface area contributed by atoms with E-state index in [1.807, 2.05) is 25.1 Å². The molecule has 0 radical (unpaired) electrons. The third-order valence-electron chi connectivity index (χ3n) is 5.61. The molecule has 0 aliphatic carbocycles. The summed E-state index contributed by atoms with van der Waals surface area (Å²) in [5.41, 5.74) is 3.36. The fourth-order valence-corrected chi connectivity index (χ4v) is 4.07. The normalized spacial score (nSPS) is 17.6. The van der Waals surface area contributed by atoms with Crippen molar-refractivity contribution in [2.24, 2.45) is 0 Å². The van der Waals surface area contributed by atoms with Crippen molar-refractivity contribution in [1.82, 2.24) is 19.9 Å². The second-order valence-electron chi connectivity index (χ2n) is 7.68. The number of aromatic nitrogens is 4. The molecule has 31 heavy (non-hydrogen) atoms. The first-order valence-corrected chi connectivity index (χ1v) is 9.82. The van der Waals surface area contributed by atoms with E-state index in [0.717, 1.165) is 27.9 Å². The monoisotopic (exact) mass is 411 g/mol. The Balaban J connectivity index is 1.67. The fraction of sp³-hybridized carbons (Fsp3) is 0.125. The van der Waals surface area contributed by atoms with Gasteiger partial charge in [-0.15, -0.1) is 0 Å². The first-order valence-electron chi connectivity index (χ1n) is 9.82. The Morgan fingerprint density at radius 3 is 2.35 bits per heavy atom. The van der Waals surface area contributed by atoms with Crippen LogP contribution in [-0.2, 0) is 16.6 Å². The molecular weight excluding hydrogens is 393 g/mol. The Morgan fingerprint density at radius 1 is 0.968 bits per heavy atom. The quantitative estimate of drug-likeness (QED) is 0.502. The van der Waals surface area contributed by atoms with E-state index < -0.39 is 5.41 Å². The number of carbonyl (C=O) groups excluding carboxylic acids is 1. The Hall–Kier alpha value is -4.00. The lowest BCUT2D eigenvalue weighted by atomic mass is 9.78. The summed E-state index contributed by atoms with van der Waals surface area (Å²) in [6.45, 7) is 1.92. The minimum atomic E-state index is -0.866. The van der Waals surface area contributed by atoms with E-state index in [-0.39, 0.29) is 11.7 Å². The van der Waals surface area contributed by atoms with Gasteiger partial charge in [0, 0.05) is 24.8 Å². The molecule has 6 nitrogen and oxygen atoms in total. The van der Waals surface area contributed by atoms with E-state index in [1.54, 1.807) is 47.9 Å². The molecule has 0 bridgehead atoms. The lowest BCUT2D eigenvalue weighted by molar-refractivity contribution is -0.122. The van der Waals surface area contributed by atoms with Crippen LogP contribution >= 0.6 is 0 Å². The Labute approximate surface area is 178 Å². The van der Waals surface area contributed by atoms with Gasteiger partial charge in [0.25, 0.3) is 0 Å². The molecular formula is C24H18FN5O. The van der Waals surface area contributed by atoms with Crippen LogP contribution in [0.3, 0.4) is 0 Å². The number of nitrogens with zero attached hydrogens (tertiary/aromatic N) is 5. The van der Waals surface area contributed by atoms with Crippen LogP contribution in [0.4, 0.5) is 16.0 Å². The molecule has 1 unspecified atom stereocenters. The van der Waals surface area contributed by atoms with Gasteiger partial charge in [-0.25, -0.2) is 29.2 Å². The zero-order valence-corrected chi connectivity index (χ0v) is 16.7. The standard InChI is InChI=1S/C24H18FN5O/c1-24(12-16-13-26-15-27-14-16)20-11-18(17-3-6-19(25)7-4-17)5-8-21(20)30(22(24)31)23-28-9-2-10-29-23/h2-11,13-15H,12H2,1H3. The molecule has 1 aliphatic rings. The average molecular weight is 411 g/mol. The molecule has 2 aromatic heterocycles. The molecule has 7 heteroatoms. The van der Waals surface area contributed by atoms with E-state index in [1.165, 1.54) is 18.5 Å². The summed E-state index contributed by atoms with van der Waals surface area (Å²) in [4.78, 5) is 32.1. The van der Waals surface area contributed by atoms with Gasteiger partial charge in [0.1, 0.15) is 12.1 Å². The first kappa shape index (κ1) is 19.0. The van der Waals surface area contributed by atoms with Crippen LogP contribution in [0.15, 0.2) is 79.6 Å². The maximum atomic E-state index is 13.7. The molecule has 1 amide bonds. The van der Waals surface area contributed by atoms with Gasteiger partial charge < -0.3 is 0 Å². The third kappa shape index (κ3) is 3.24. The summed E-state index contributed by atoms with van der Waals surface area (Å²) in [5.74, 6) is -0.0773. The highest BCUT2D eigenvalue weighted by atomic mass is 19.1. The molecule has 4 aromatic rings. The predicted octanol–water partition coefficient (Wildman–Crippen LogP) is 4.25. The molecule has 152 valence electrons. The van der Waals surface area contributed by atoms with Crippen LogP contribution in [0.2, 0.25) is 0 Å². The molecule has 0 saturated heterocycles. The van der Waals surface area contributed by atoms with E-state index in [9.17, 15) is 9.18 Å². The maximum absolute atomic E-state index is 13.7. The van der Waals surface area contributed by atoms with Gasteiger partial charge in [-0.3, -0.25) is 4.79 Å². The number of amides is 1. The van der Waals surface area contributed by atoms with Crippen LogP contribution < -0.4 is 4.90 Å². The van der Waals surface area contributed by atoms with E-state index >= 15 is 0 Å². The number of hydrogen-bond donors (Lipinski definition) is 0.